The van der Waals surface area contributed by atoms with Gasteiger partial charge in [-0.3, -0.25) is 0 Å². The average molecular weight is 339 g/mol. The fraction of sp³-hybridized carbons (Fsp3) is 0.538. The molecule has 0 aliphatic carbocycles. The van der Waals surface area contributed by atoms with Gasteiger partial charge in [0.2, 0.25) is 0 Å². The Kier molecular flexibility index (Phi) is 5.67. The highest BCUT2D eigenvalue weighted by Crippen LogP contribution is 2.28. The molecule has 1 rings (SSSR count). The third-order valence-electron chi connectivity index (χ3n) is 2.88. The Morgan fingerprint density at radius 3 is 2.53 bits per heavy atom. The Bertz CT molecular complexity index is 421. The van der Waals surface area contributed by atoms with Crippen molar-refractivity contribution in [2.24, 2.45) is 5.73 Å². The number of alkyl halides is 3. The van der Waals surface area contributed by atoms with Gasteiger partial charge in [-0.05, 0) is 30.5 Å². The van der Waals surface area contributed by atoms with Gasteiger partial charge in [-0.2, -0.15) is 13.2 Å². The molecule has 0 radical (unpaired) electrons. The minimum absolute atomic E-state index is 0.0424. The highest BCUT2D eigenvalue weighted by Gasteiger charge is 2.30. The summed E-state index contributed by atoms with van der Waals surface area (Å²) in [5, 5.41) is 0. The summed E-state index contributed by atoms with van der Waals surface area (Å²) in [4.78, 5) is 1.21. The fourth-order valence-electron chi connectivity index (χ4n) is 1.85. The predicted molar refractivity (Wildman–Crippen MR) is 75.4 cm³/mol. The van der Waals surface area contributed by atoms with E-state index >= 15 is 0 Å². The Morgan fingerprint density at radius 1 is 1.37 bits per heavy atom. The summed E-state index contributed by atoms with van der Waals surface area (Å²) in [7, 11) is 1.44. The van der Waals surface area contributed by atoms with Crippen molar-refractivity contribution in [3.8, 4) is 0 Å². The maximum Gasteiger partial charge on any atom is 0.405 e. The molecule has 1 atom stereocenters. The summed E-state index contributed by atoms with van der Waals surface area (Å²) in [5.41, 5.74) is 7.29. The van der Waals surface area contributed by atoms with E-state index in [1.54, 1.807) is 6.07 Å². The number of rotatable bonds is 5. The zero-order chi connectivity index (χ0) is 14.6. The molecule has 0 aromatic heterocycles. The van der Waals surface area contributed by atoms with Gasteiger partial charge in [-0.15, -0.1) is 0 Å². The van der Waals surface area contributed by atoms with Gasteiger partial charge in [0, 0.05) is 23.2 Å². The summed E-state index contributed by atoms with van der Waals surface area (Å²) >= 11 is 3.29. The minimum Gasteiger partial charge on any atom is -0.365 e. The molecule has 1 unspecified atom stereocenters. The van der Waals surface area contributed by atoms with Crippen LogP contribution in [0.2, 0.25) is 0 Å². The summed E-state index contributed by atoms with van der Waals surface area (Å²) in [6, 6.07) is 5.30. The molecule has 0 heterocycles. The van der Waals surface area contributed by atoms with Crippen LogP contribution in [-0.4, -0.2) is 25.8 Å². The van der Waals surface area contributed by atoms with Gasteiger partial charge < -0.3 is 10.6 Å². The lowest BCUT2D eigenvalue weighted by Gasteiger charge is -2.25. The quantitative estimate of drug-likeness (QED) is 0.886. The molecule has 0 aliphatic heterocycles. The van der Waals surface area contributed by atoms with Crippen LogP contribution < -0.4 is 10.6 Å². The third-order valence-corrected chi connectivity index (χ3v) is 3.37. The number of benzene rings is 1. The second-order valence-electron chi connectivity index (χ2n) is 4.62. The number of nitrogens with zero attached hydrogens (tertiary/aromatic N) is 1. The Morgan fingerprint density at radius 2 is 2.00 bits per heavy atom. The summed E-state index contributed by atoms with van der Waals surface area (Å²) < 4.78 is 38.2. The molecular formula is C13H18BrF3N2. The minimum atomic E-state index is -4.22. The molecule has 19 heavy (non-hydrogen) atoms. The number of hydrogen-bond donors (Lipinski definition) is 1. The van der Waals surface area contributed by atoms with Crippen LogP contribution in [0.1, 0.15) is 18.9 Å². The van der Waals surface area contributed by atoms with E-state index < -0.39 is 12.7 Å². The van der Waals surface area contributed by atoms with Crippen LogP contribution >= 0.6 is 15.9 Å². The van der Waals surface area contributed by atoms with Gasteiger partial charge in [0.15, 0.2) is 0 Å². The molecule has 2 N–H and O–H groups in total. The molecule has 0 fully saturated rings. The van der Waals surface area contributed by atoms with Gasteiger partial charge in [-0.25, -0.2) is 0 Å². The maximum absolute atomic E-state index is 12.5. The largest absolute Gasteiger partial charge is 0.405 e. The van der Waals surface area contributed by atoms with Crippen molar-refractivity contribution in [2.75, 3.05) is 18.5 Å². The van der Waals surface area contributed by atoms with E-state index in [1.807, 2.05) is 19.1 Å². The maximum atomic E-state index is 12.5. The topological polar surface area (TPSA) is 29.3 Å². The molecule has 0 bridgehead atoms. The normalized spacial score (nSPS) is 13.4. The number of hydrogen-bond acceptors (Lipinski definition) is 2. The standard InChI is InChI=1S/C13H18BrF3N2/c1-3-11(18)6-9-4-5-10(14)7-12(9)19(2)8-13(15,16)17/h4-5,7,11H,3,6,8,18H2,1-2H3. The van der Waals surface area contributed by atoms with Gasteiger partial charge in [0.1, 0.15) is 6.54 Å². The van der Waals surface area contributed by atoms with Crippen LogP contribution in [0.5, 0.6) is 0 Å². The molecular weight excluding hydrogens is 321 g/mol. The van der Waals surface area contributed by atoms with E-state index in [9.17, 15) is 13.2 Å². The van der Waals surface area contributed by atoms with Gasteiger partial charge in [0.05, 0.1) is 0 Å². The van der Waals surface area contributed by atoms with Crippen LogP contribution in [0, 0.1) is 0 Å². The molecule has 6 heteroatoms. The Hall–Kier alpha value is -0.750. The second kappa shape index (κ2) is 6.61. The van der Waals surface area contributed by atoms with Gasteiger partial charge in [0.25, 0.3) is 0 Å². The van der Waals surface area contributed by atoms with E-state index in [-0.39, 0.29) is 6.04 Å². The van der Waals surface area contributed by atoms with Crippen molar-refractivity contribution >= 4 is 21.6 Å². The molecule has 0 aliphatic rings. The molecule has 0 saturated carbocycles. The van der Waals surface area contributed by atoms with Crippen molar-refractivity contribution < 1.29 is 13.2 Å². The number of halogens is 4. The van der Waals surface area contributed by atoms with E-state index in [0.29, 0.717) is 12.1 Å². The number of anilines is 1. The SMILES string of the molecule is CCC(N)Cc1ccc(Br)cc1N(C)CC(F)(F)F. The Labute approximate surface area is 119 Å². The third kappa shape index (κ3) is 5.40. The second-order valence-corrected chi connectivity index (χ2v) is 5.53. The van der Waals surface area contributed by atoms with Crippen molar-refractivity contribution in [1.82, 2.24) is 0 Å². The molecule has 1 aromatic rings. The van der Waals surface area contributed by atoms with Crippen molar-refractivity contribution in [3.05, 3.63) is 28.2 Å². The van der Waals surface area contributed by atoms with Gasteiger partial charge in [-0.1, -0.05) is 28.9 Å². The van der Waals surface area contributed by atoms with Crippen molar-refractivity contribution in [3.63, 3.8) is 0 Å². The zero-order valence-corrected chi connectivity index (χ0v) is 12.6. The summed E-state index contributed by atoms with van der Waals surface area (Å²) in [5.74, 6) is 0. The first kappa shape index (κ1) is 16.3. The molecule has 108 valence electrons. The summed E-state index contributed by atoms with van der Waals surface area (Å²) in [6.07, 6.45) is -2.86. The smallest absolute Gasteiger partial charge is 0.365 e. The zero-order valence-electron chi connectivity index (χ0n) is 11.0. The Balaban J connectivity index is 2.99. The van der Waals surface area contributed by atoms with E-state index in [2.05, 4.69) is 15.9 Å². The van der Waals surface area contributed by atoms with E-state index in [4.69, 9.17) is 5.73 Å². The van der Waals surface area contributed by atoms with Crippen LogP contribution in [0.15, 0.2) is 22.7 Å². The van der Waals surface area contributed by atoms with E-state index in [1.165, 1.54) is 11.9 Å². The highest BCUT2D eigenvalue weighted by atomic mass is 79.9. The molecule has 2 nitrogen and oxygen atoms in total. The first-order valence-electron chi connectivity index (χ1n) is 6.05. The highest BCUT2D eigenvalue weighted by molar-refractivity contribution is 9.10. The van der Waals surface area contributed by atoms with Crippen LogP contribution in [0.25, 0.3) is 0 Å². The lowest BCUT2D eigenvalue weighted by atomic mass is 10.0. The monoisotopic (exact) mass is 338 g/mol. The lowest BCUT2D eigenvalue weighted by Crippen LogP contribution is -2.32. The molecule has 0 amide bonds. The van der Waals surface area contributed by atoms with Gasteiger partial charge >= 0.3 is 6.18 Å². The number of nitrogens with two attached hydrogens (primary N) is 1. The molecule has 0 saturated heterocycles. The van der Waals surface area contributed by atoms with Crippen LogP contribution in [0.4, 0.5) is 18.9 Å². The van der Waals surface area contributed by atoms with Crippen molar-refractivity contribution in [1.29, 1.82) is 0 Å². The molecule has 0 spiro atoms. The van der Waals surface area contributed by atoms with Crippen LogP contribution in [-0.2, 0) is 6.42 Å². The lowest BCUT2D eigenvalue weighted by molar-refractivity contribution is -0.119. The van der Waals surface area contributed by atoms with Crippen LogP contribution in [0.3, 0.4) is 0 Å². The molecule has 1 aromatic carbocycles. The average Bonchev–Trinajstić information content (AvgIpc) is 2.29. The first-order chi connectivity index (χ1) is 8.73. The first-order valence-corrected chi connectivity index (χ1v) is 6.84. The fourth-order valence-corrected chi connectivity index (χ4v) is 2.19. The van der Waals surface area contributed by atoms with E-state index in [0.717, 1.165) is 16.5 Å². The predicted octanol–water partition coefficient (Wildman–Crippen LogP) is 3.73. The summed E-state index contributed by atoms with van der Waals surface area (Å²) in [6.45, 7) is 0.987. The van der Waals surface area contributed by atoms with Crippen molar-refractivity contribution in [2.45, 2.75) is 32.0 Å².